The molecule has 0 N–H and O–H groups in total. The first-order valence-corrected chi connectivity index (χ1v) is 10.9. The summed E-state index contributed by atoms with van der Waals surface area (Å²) in [6.45, 7) is 5.33. The summed E-state index contributed by atoms with van der Waals surface area (Å²) < 4.78 is 2.89. The van der Waals surface area contributed by atoms with Crippen LogP contribution in [-0.4, -0.2) is 43.5 Å². The molecule has 148 valence electrons. The summed E-state index contributed by atoms with van der Waals surface area (Å²) in [5.41, 5.74) is 4.03. The zero-order chi connectivity index (χ0) is 20.1. The van der Waals surface area contributed by atoms with Gasteiger partial charge in [0, 0.05) is 35.4 Å². The van der Waals surface area contributed by atoms with Crippen LogP contribution in [0.3, 0.4) is 0 Å². The van der Waals surface area contributed by atoms with Gasteiger partial charge in [-0.25, -0.2) is 14.5 Å². The van der Waals surface area contributed by atoms with Crippen LogP contribution in [0.25, 0.3) is 15.9 Å². The highest BCUT2D eigenvalue weighted by molar-refractivity contribution is 7.18. The lowest BCUT2D eigenvalue weighted by atomic mass is 9.97. The van der Waals surface area contributed by atoms with Crippen molar-refractivity contribution in [3.8, 4) is 0 Å². The van der Waals surface area contributed by atoms with Crippen molar-refractivity contribution in [2.24, 2.45) is 0 Å². The number of hydrogen-bond donors (Lipinski definition) is 0. The number of aromatic nitrogens is 4. The van der Waals surface area contributed by atoms with E-state index in [4.69, 9.17) is 16.6 Å². The number of fused-ring (bicyclic) bond motifs is 2. The van der Waals surface area contributed by atoms with Crippen molar-refractivity contribution in [1.82, 2.24) is 24.5 Å². The Bertz CT molecular complexity index is 1240. The molecular weight excluding hydrogens is 406 g/mol. The molecule has 0 spiro atoms. The third-order valence-corrected chi connectivity index (χ3v) is 6.94. The highest BCUT2D eigenvalue weighted by atomic mass is 35.5. The molecule has 0 aliphatic carbocycles. The summed E-state index contributed by atoms with van der Waals surface area (Å²) in [5.74, 6) is 0.383. The van der Waals surface area contributed by atoms with E-state index in [2.05, 4.69) is 10.1 Å². The molecule has 1 amide bonds. The van der Waals surface area contributed by atoms with Gasteiger partial charge < -0.3 is 4.90 Å². The molecule has 5 rings (SSSR count). The van der Waals surface area contributed by atoms with Crippen molar-refractivity contribution in [2.75, 3.05) is 13.1 Å². The fourth-order valence-corrected chi connectivity index (χ4v) is 5.30. The minimum absolute atomic E-state index is 0.00651. The minimum Gasteiger partial charge on any atom is -0.338 e. The SMILES string of the molecule is Cc1cc(C)n2ncc(C(=O)N3CCC(c4nc5cc(Cl)ccc5s4)CC3)c2n1. The van der Waals surface area contributed by atoms with E-state index in [1.54, 1.807) is 22.0 Å². The first-order valence-electron chi connectivity index (χ1n) is 9.67. The molecule has 4 aromatic rings. The first kappa shape index (κ1) is 18.5. The lowest BCUT2D eigenvalue weighted by molar-refractivity contribution is 0.0714. The summed E-state index contributed by atoms with van der Waals surface area (Å²) >= 11 is 7.81. The number of piperidine rings is 1. The van der Waals surface area contributed by atoms with Gasteiger partial charge in [0.25, 0.3) is 5.91 Å². The number of amides is 1. The van der Waals surface area contributed by atoms with Crippen molar-refractivity contribution >= 4 is 44.7 Å². The normalized spacial score (nSPS) is 15.5. The summed E-state index contributed by atoms with van der Waals surface area (Å²) in [6, 6.07) is 7.81. The van der Waals surface area contributed by atoms with Crippen LogP contribution in [0.15, 0.2) is 30.5 Å². The Kier molecular flexibility index (Phi) is 4.52. The molecule has 1 aliphatic rings. The Labute approximate surface area is 177 Å². The zero-order valence-corrected chi connectivity index (χ0v) is 17.8. The van der Waals surface area contributed by atoms with Crippen LogP contribution in [0.5, 0.6) is 0 Å². The second-order valence-electron chi connectivity index (χ2n) is 7.56. The van der Waals surface area contributed by atoms with Crippen LogP contribution in [-0.2, 0) is 0 Å². The molecule has 0 radical (unpaired) electrons. The monoisotopic (exact) mass is 425 g/mol. The van der Waals surface area contributed by atoms with E-state index in [0.29, 0.717) is 35.2 Å². The smallest absolute Gasteiger partial charge is 0.259 e. The quantitative estimate of drug-likeness (QED) is 0.469. The van der Waals surface area contributed by atoms with Crippen molar-refractivity contribution in [3.63, 3.8) is 0 Å². The molecule has 0 unspecified atom stereocenters. The van der Waals surface area contributed by atoms with Crippen molar-refractivity contribution in [3.05, 3.63) is 57.4 Å². The lowest BCUT2D eigenvalue weighted by Crippen LogP contribution is -2.37. The Morgan fingerprint density at radius 3 is 2.76 bits per heavy atom. The Morgan fingerprint density at radius 2 is 1.97 bits per heavy atom. The minimum atomic E-state index is 0.00651. The highest BCUT2D eigenvalue weighted by Gasteiger charge is 2.28. The fourth-order valence-electron chi connectivity index (χ4n) is 4.01. The third kappa shape index (κ3) is 3.28. The molecule has 1 fully saturated rings. The van der Waals surface area contributed by atoms with Gasteiger partial charge in [0.15, 0.2) is 5.65 Å². The molecule has 3 aromatic heterocycles. The van der Waals surface area contributed by atoms with Crippen LogP contribution < -0.4 is 0 Å². The average Bonchev–Trinajstić information content (AvgIpc) is 3.31. The predicted octanol–water partition coefficient (Wildman–Crippen LogP) is 4.63. The second-order valence-corrected chi connectivity index (χ2v) is 9.06. The number of carbonyl (C=O) groups is 1. The summed E-state index contributed by atoms with van der Waals surface area (Å²) in [6.07, 6.45) is 3.45. The van der Waals surface area contributed by atoms with Crippen LogP contribution in [0.2, 0.25) is 5.02 Å². The first-order chi connectivity index (χ1) is 14.0. The van der Waals surface area contributed by atoms with Crippen LogP contribution >= 0.6 is 22.9 Å². The number of likely N-dealkylation sites (tertiary alicyclic amines) is 1. The average molecular weight is 426 g/mol. The highest BCUT2D eigenvalue weighted by Crippen LogP contribution is 2.35. The van der Waals surface area contributed by atoms with Gasteiger partial charge in [0.2, 0.25) is 0 Å². The fraction of sp³-hybridized carbons (Fsp3) is 0.333. The van der Waals surface area contributed by atoms with Crippen LogP contribution in [0.4, 0.5) is 0 Å². The van der Waals surface area contributed by atoms with Gasteiger partial charge >= 0.3 is 0 Å². The molecule has 1 aliphatic heterocycles. The van der Waals surface area contributed by atoms with Crippen LogP contribution in [0.1, 0.15) is 45.5 Å². The summed E-state index contributed by atoms with van der Waals surface area (Å²) in [5, 5.41) is 6.20. The second kappa shape index (κ2) is 7.07. The number of halogens is 1. The van der Waals surface area contributed by atoms with Gasteiger partial charge in [-0.2, -0.15) is 5.10 Å². The maximum absolute atomic E-state index is 13.1. The van der Waals surface area contributed by atoms with Crippen molar-refractivity contribution < 1.29 is 4.79 Å². The van der Waals surface area contributed by atoms with Gasteiger partial charge in [-0.3, -0.25) is 4.79 Å². The number of hydrogen-bond acceptors (Lipinski definition) is 5. The largest absolute Gasteiger partial charge is 0.338 e. The number of nitrogens with zero attached hydrogens (tertiary/aromatic N) is 5. The molecule has 0 saturated carbocycles. The molecular formula is C21H20ClN5OS. The van der Waals surface area contributed by atoms with E-state index in [0.717, 1.165) is 39.5 Å². The number of carbonyl (C=O) groups excluding carboxylic acids is 1. The van der Waals surface area contributed by atoms with Gasteiger partial charge in [0.1, 0.15) is 5.56 Å². The number of benzene rings is 1. The van der Waals surface area contributed by atoms with E-state index < -0.39 is 0 Å². The number of aryl methyl sites for hydroxylation is 2. The molecule has 8 heteroatoms. The molecule has 1 aromatic carbocycles. The molecule has 29 heavy (non-hydrogen) atoms. The van der Waals surface area contributed by atoms with E-state index in [1.807, 2.05) is 43.0 Å². The van der Waals surface area contributed by atoms with Crippen molar-refractivity contribution in [1.29, 1.82) is 0 Å². The van der Waals surface area contributed by atoms with E-state index in [9.17, 15) is 4.79 Å². The molecule has 0 atom stereocenters. The van der Waals surface area contributed by atoms with E-state index in [-0.39, 0.29) is 5.91 Å². The van der Waals surface area contributed by atoms with Crippen molar-refractivity contribution in [2.45, 2.75) is 32.6 Å². The standard InChI is InChI=1S/C21H20ClN5OS/c1-12-9-13(2)27-19(24-12)16(11-23-27)21(28)26-7-5-14(6-8-26)20-25-17-10-15(22)3-4-18(17)29-20/h3-4,9-11,14H,5-8H2,1-2H3. The maximum atomic E-state index is 13.1. The number of rotatable bonds is 2. The summed E-state index contributed by atoms with van der Waals surface area (Å²) in [7, 11) is 0. The Balaban J connectivity index is 1.34. The van der Waals surface area contributed by atoms with Gasteiger partial charge in [-0.1, -0.05) is 11.6 Å². The summed E-state index contributed by atoms with van der Waals surface area (Å²) in [4.78, 5) is 24.4. The zero-order valence-electron chi connectivity index (χ0n) is 16.2. The Morgan fingerprint density at radius 1 is 1.17 bits per heavy atom. The molecule has 0 bridgehead atoms. The Hall–Kier alpha value is -2.51. The van der Waals surface area contributed by atoms with E-state index >= 15 is 0 Å². The number of thiazole rings is 1. The van der Waals surface area contributed by atoms with E-state index in [1.165, 1.54) is 0 Å². The maximum Gasteiger partial charge on any atom is 0.259 e. The van der Waals surface area contributed by atoms with Gasteiger partial charge in [-0.05, 0) is 51.0 Å². The predicted molar refractivity (Wildman–Crippen MR) is 115 cm³/mol. The molecule has 6 nitrogen and oxygen atoms in total. The third-order valence-electron chi connectivity index (χ3n) is 5.51. The van der Waals surface area contributed by atoms with Gasteiger partial charge in [-0.15, -0.1) is 11.3 Å². The topological polar surface area (TPSA) is 63.4 Å². The van der Waals surface area contributed by atoms with Crippen LogP contribution in [0, 0.1) is 13.8 Å². The molecule has 1 saturated heterocycles. The molecule has 4 heterocycles. The van der Waals surface area contributed by atoms with Gasteiger partial charge in [0.05, 0.1) is 21.4 Å². The lowest BCUT2D eigenvalue weighted by Gasteiger charge is -2.30.